The summed E-state index contributed by atoms with van der Waals surface area (Å²) in [5.74, 6) is 0.294. The van der Waals surface area contributed by atoms with E-state index in [0.29, 0.717) is 32.2 Å². The maximum absolute atomic E-state index is 12.3. The molecule has 0 atom stereocenters. The van der Waals surface area contributed by atoms with Crippen molar-refractivity contribution in [3.63, 3.8) is 0 Å². The first-order valence-electron chi connectivity index (χ1n) is 5.71. The van der Waals surface area contributed by atoms with Crippen molar-refractivity contribution >= 4 is 44.8 Å². The summed E-state index contributed by atoms with van der Waals surface area (Å²) in [4.78, 5) is 12.3. The van der Waals surface area contributed by atoms with E-state index in [0.717, 1.165) is 0 Å². The van der Waals surface area contributed by atoms with Crippen LogP contribution in [0, 0.1) is 0 Å². The molecule has 0 saturated carbocycles. The standard InChI is InChI=1S/C14H12BrClN2O2/c1-20-9-3-4-11(15)10(7-9)14(19)18-13-6-8(16)2-5-12(13)17/h2-7H,17H2,1H3,(H,18,19). The quantitative estimate of drug-likeness (QED) is 0.820. The zero-order valence-corrected chi connectivity index (χ0v) is 13.0. The topological polar surface area (TPSA) is 64.3 Å². The lowest BCUT2D eigenvalue weighted by Gasteiger charge is -2.10. The van der Waals surface area contributed by atoms with Gasteiger partial charge >= 0.3 is 0 Å². The number of amides is 1. The summed E-state index contributed by atoms with van der Waals surface area (Å²) in [6.07, 6.45) is 0. The van der Waals surface area contributed by atoms with Crippen LogP contribution in [0.1, 0.15) is 10.4 Å². The molecule has 0 unspecified atom stereocenters. The highest BCUT2D eigenvalue weighted by Crippen LogP contribution is 2.26. The second kappa shape index (κ2) is 6.15. The predicted octanol–water partition coefficient (Wildman–Crippen LogP) is 3.95. The van der Waals surface area contributed by atoms with Crippen LogP contribution in [0.3, 0.4) is 0 Å². The van der Waals surface area contributed by atoms with Crippen LogP contribution in [0.15, 0.2) is 40.9 Å². The molecule has 0 heterocycles. The molecular weight excluding hydrogens is 344 g/mol. The normalized spacial score (nSPS) is 10.2. The van der Waals surface area contributed by atoms with Crippen molar-refractivity contribution in [1.82, 2.24) is 0 Å². The maximum atomic E-state index is 12.3. The minimum absolute atomic E-state index is 0.301. The van der Waals surface area contributed by atoms with Crippen LogP contribution in [0.25, 0.3) is 0 Å². The Balaban J connectivity index is 2.30. The number of ether oxygens (including phenoxy) is 1. The summed E-state index contributed by atoms with van der Waals surface area (Å²) in [6.45, 7) is 0. The average molecular weight is 356 g/mol. The third-order valence-electron chi connectivity index (χ3n) is 2.68. The van der Waals surface area contributed by atoms with E-state index in [2.05, 4.69) is 21.2 Å². The van der Waals surface area contributed by atoms with Crippen LogP contribution in [-0.4, -0.2) is 13.0 Å². The molecule has 0 radical (unpaired) electrons. The highest BCUT2D eigenvalue weighted by Gasteiger charge is 2.13. The molecule has 0 aromatic heterocycles. The van der Waals surface area contributed by atoms with Crippen molar-refractivity contribution in [2.24, 2.45) is 0 Å². The van der Waals surface area contributed by atoms with E-state index in [1.165, 1.54) is 0 Å². The number of carbonyl (C=O) groups excluding carboxylic acids is 1. The smallest absolute Gasteiger partial charge is 0.257 e. The Morgan fingerprint density at radius 1 is 1.30 bits per heavy atom. The first-order chi connectivity index (χ1) is 9.51. The highest BCUT2D eigenvalue weighted by atomic mass is 79.9. The largest absolute Gasteiger partial charge is 0.497 e. The minimum atomic E-state index is -0.301. The van der Waals surface area contributed by atoms with Gasteiger partial charge in [-0.15, -0.1) is 0 Å². The molecule has 0 aliphatic carbocycles. The summed E-state index contributed by atoms with van der Waals surface area (Å²) >= 11 is 9.22. The fourth-order valence-electron chi connectivity index (χ4n) is 1.63. The van der Waals surface area contributed by atoms with Crippen LogP contribution in [-0.2, 0) is 0 Å². The molecule has 2 aromatic rings. The molecule has 2 aromatic carbocycles. The van der Waals surface area contributed by atoms with Crippen molar-refractivity contribution in [2.45, 2.75) is 0 Å². The van der Waals surface area contributed by atoms with Crippen LogP contribution in [0.2, 0.25) is 5.02 Å². The van der Waals surface area contributed by atoms with E-state index in [-0.39, 0.29) is 5.91 Å². The monoisotopic (exact) mass is 354 g/mol. The SMILES string of the molecule is COc1ccc(Br)c(C(=O)Nc2cc(Cl)ccc2N)c1. The van der Waals surface area contributed by atoms with Gasteiger partial charge in [-0.1, -0.05) is 11.6 Å². The molecule has 0 saturated heterocycles. The molecule has 0 aliphatic rings. The van der Waals surface area contributed by atoms with Crippen LogP contribution in [0.4, 0.5) is 11.4 Å². The van der Waals surface area contributed by atoms with Gasteiger partial charge in [-0.05, 0) is 52.3 Å². The minimum Gasteiger partial charge on any atom is -0.497 e. The Hall–Kier alpha value is -1.72. The number of rotatable bonds is 3. The lowest BCUT2D eigenvalue weighted by atomic mass is 10.2. The number of halogens is 2. The summed E-state index contributed by atoms with van der Waals surface area (Å²) < 4.78 is 5.77. The maximum Gasteiger partial charge on any atom is 0.257 e. The molecule has 0 bridgehead atoms. The van der Waals surface area contributed by atoms with Gasteiger partial charge in [0.05, 0.1) is 24.0 Å². The summed E-state index contributed by atoms with van der Waals surface area (Å²) in [7, 11) is 1.54. The van der Waals surface area contributed by atoms with Gasteiger partial charge in [0.1, 0.15) is 5.75 Å². The first-order valence-corrected chi connectivity index (χ1v) is 6.88. The molecule has 4 nitrogen and oxygen atoms in total. The summed E-state index contributed by atoms with van der Waals surface area (Å²) in [6, 6.07) is 10.0. The van der Waals surface area contributed by atoms with Crippen LogP contribution < -0.4 is 15.8 Å². The predicted molar refractivity (Wildman–Crippen MR) is 84.5 cm³/mol. The molecular formula is C14H12BrClN2O2. The van der Waals surface area contributed by atoms with Crippen molar-refractivity contribution in [3.05, 3.63) is 51.5 Å². The van der Waals surface area contributed by atoms with E-state index in [1.54, 1.807) is 43.5 Å². The molecule has 104 valence electrons. The van der Waals surface area contributed by atoms with E-state index < -0.39 is 0 Å². The Kier molecular flexibility index (Phi) is 4.52. The average Bonchev–Trinajstić information content (AvgIpc) is 2.43. The fourth-order valence-corrected chi connectivity index (χ4v) is 2.23. The lowest BCUT2D eigenvalue weighted by molar-refractivity contribution is 0.102. The lowest BCUT2D eigenvalue weighted by Crippen LogP contribution is -2.14. The van der Waals surface area contributed by atoms with Gasteiger partial charge in [0.2, 0.25) is 0 Å². The first kappa shape index (κ1) is 14.7. The Morgan fingerprint density at radius 3 is 2.75 bits per heavy atom. The Bertz CT molecular complexity index is 662. The number of nitrogens with two attached hydrogens (primary N) is 1. The van der Waals surface area contributed by atoms with Crippen LogP contribution in [0.5, 0.6) is 5.75 Å². The Labute approximate surface area is 130 Å². The zero-order valence-electron chi connectivity index (χ0n) is 10.6. The van der Waals surface area contributed by atoms with Gasteiger partial charge in [-0.25, -0.2) is 0 Å². The number of carbonyl (C=O) groups is 1. The third-order valence-corrected chi connectivity index (χ3v) is 3.61. The van der Waals surface area contributed by atoms with Gasteiger partial charge < -0.3 is 15.8 Å². The third kappa shape index (κ3) is 3.23. The molecule has 20 heavy (non-hydrogen) atoms. The van der Waals surface area contributed by atoms with E-state index in [4.69, 9.17) is 22.1 Å². The van der Waals surface area contributed by atoms with E-state index >= 15 is 0 Å². The van der Waals surface area contributed by atoms with Gasteiger partial charge in [-0.2, -0.15) is 0 Å². The molecule has 0 spiro atoms. The number of hydrogen-bond acceptors (Lipinski definition) is 3. The molecule has 0 fully saturated rings. The van der Waals surface area contributed by atoms with E-state index in [9.17, 15) is 4.79 Å². The number of nitrogen functional groups attached to an aromatic ring is 1. The van der Waals surface area contributed by atoms with Crippen molar-refractivity contribution in [1.29, 1.82) is 0 Å². The van der Waals surface area contributed by atoms with Gasteiger partial charge in [0.25, 0.3) is 5.91 Å². The second-order valence-corrected chi connectivity index (χ2v) is 5.32. The molecule has 3 N–H and O–H groups in total. The van der Waals surface area contributed by atoms with Gasteiger partial charge in [0, 0.05) is 9.50 Å². The van der Waals surface area contributed by atoms with Crippen LogP contribution >= 0.6 is 27.5 Å². The number of nitrogens with one attached hydrogen (secondary N) is 1. The summed E-state index contributed by atoms with van der Waals surface area (Å²) in [5, 5.41) is 3.22. The fraction of sp³-hybridized carbons (Fsp3) is 0.0714. The molecule has 2 rings (SSSR count). The zero-order chi connectivity index (χ0) is 14.7. The molecule has 1 amide bonds. The van der Waals surface area contributed by atoms with Crippen molar-refractivity contribution in [2.75, 3.05) is 18.2 Å². The van der Waals surface area contributed by atoms with Gasteiger partial charge in [-0.3, -0.25) is 4.79 Å². The molecule has 6 heteroatoms. The number of anilines is 2. The van der Waals surface area contributed by atoms with E-state index in [1.807, 2.05) is 0 Å². The number of benzene rings is 2. The second-order valence-electron chi connectivity index (χ2n) is 4.03. The van der Waals surface area contributed by atoms with Crippen molar-refractivity contribution in [3.8, 4) is 5.75 Å². The van der Waals surface area contributed by atoms with Crippen molar-refractivity contribution < 1.29 is 9.53 Å². The number of hydrogen-bond donors (Lipinski definition) is 2. The summed E-state index contributed by atoms with van der Waals surface area (Å²) in [5.41, 5.74) is 7.16. The molecule has 0 aliphatic heterocycles. The highest BCUT2D eigenvalue weighted by molar-refractivity contribution is 9.10. The number of methoxy groups -OCH3 is 1. The van der Waals surface area contributed by atoms with Gasteiger partial charge in [0.15, 0.2) is 0 Å². The Morgan fingerprint density at radius 2 is 2.05 bits per heavy atom.